The quantitative estimate of drug-likeness (QED) is 0.183. The normalized spacial score (nSPS) is 33.7. The van der Waals surface area contributed by atoms with Gasteiger partial charge in [-0.3, -0.25) is 9.47 Å². The SMILES string of the molecule is c1ccc(-c2nc(-n3c4ccccc4c4cc(C5CCC6C7C5CCCC7C5CCCC7SC8CCCCC8N6C75)ccc43)nc3ccccc23)cc1. The molecule has 2 aromatic heterocycles. The Hall–Kier alpha value is -3.67. The molecule has 6 aliphatic rings. The second-order valence-corrected chi connectivity index (χ2v) is 19.1. The maximum atomic E-state index is 5.35. The van der Waals surface area contributed by atoms with Gasteiger partial charge in [-0.05, 0) is 111 Å². The van der Waals surface area contributed by atoms with Crippen LogP contribution in [0.5, 0.6) is 0 Å². The number of hydrogen-bond acceptors (Lipinski definition) is 4. The third kappa shape index (κ3) is 4.78. The van der Waals surface area contributed by atoms with Gasteiger partial charge in [-0.1, -0.05) is 98.5 Å². The first-order valence-corrected chi connectivity index (χ1v) is 22.0. The molecule has 6 fully saturated rings. The summed E-state index contributed by atoms with van der Waals surface area (Å²) in [4.78, 5) is 13.9. The molecule has 2 saturated heterocycles. The van der Waals surface area contributed by atoms with E-state index in [0.29, 0.717) is 5.92 Å². The van der Waals surface area contributed by atoms with E-state index in [1.54, 1.807) is 5.56 Å². The van der Waals surface area contributed by atoms with Crippen molar-refractivity contribution in [3.63, 3.8) is 0 Å². The lowest BCUT2D eigenvalue weighted by molar-refractivity contribution is -0.142. The molecule has 4 heterocycles. The topological polar surface area (TPSA) is 34.0 Å². The lowest BCUT2D eigenvalue weighted by atomic mass is 9.51. The van der Waals surface area contributed by atoms with Crippen molar-refractivity contribution in [2.45, 2.75) is 112 Å². The Labute approximate surface area is 317 Å². The third-order valence-corrected chi connectivity index (χ3v) is 17.0. The van der Waals surface area contributed by atoms with Gasteiger partial charge in [0.2, 0.25) is 5.95 Å². The van der Waals surface area contributed by atoms with Gasteiger partial charge in [0.15, 0.2) is 0 Å². The number of para-hydroxylation sites is 2. The molecular formula is C48H50N4S. The Kier molecular flexibility index (Phi) is 7.42. The van der Waals surface area contributed by atoms with Crippen LogP contribution in [0.25, 0.3) is 49.9 Å². The van der Waals surface area contributed by atoms with Gasteiger partial charge < -0.3 is 0 Å². The van der Waals surface area contributed by atoms with Crippen LogP contribution in [-0.4, -0.2) is 48.1 Å². The molecule has 0 spiro atoms. The summed E-state index contributed by atoms with van der Waals surface area (Å²) in [5.41, 5.74) is 7.07. The van der Waals surface area contributed by atoms with E-state index in [1.807, 2.05) is 0 Å². The highest BCUT2D eigenvalue weighted by Crippen LogP contribution is 2.62. The molecule has 2 aliphatic heterocycles. The number of hydrogen-bond donors (Lipinski definition) is 0. The van der Waals surface area contributed by atoms with Crippen LogP contribution in [-0.2, 0) is 0 Å². The van der Waals surface area contributed by atoms with Gasteiger partial charge >= 0.3 is 0 Å². The van der Waals surface area contributed by atoms with Crippen LogP contribution in [0.15, 0.2) is 97.1 Å². The van der Waals surface area contributed by atoms with E-state index < -0.39 is 0 Å². The smallest absolute Gasteiger partial charge is 0.235 e. The van der Waals surface area contributed by atoms with Crippen LogP contribution in [0.3, 0.4) is 0 Å². The molecule has 4 nitrogen and oxygen atoms in total. The van der Waals surface area contributed by atoms with Crippen LogP contribution in [0.1, 0.15) is 88.5 Å². The summed E-state index contributed by atoms with van der Waals surface area (Å²) in [6, 6.07) is 38.1. The van der Waals surface area contributed by atoms with Gasteiger partial charge in [0.25, 0.3) is 0 Å². The molecule has 0 N–H and O–H groups in total. The Morgan fingerprint density at radius 3 is 2.25 bits per heavy atom. The van der Waals surface area contributed by atoms with Gasteiger partial charge in [0.05, 0.1) is 22.2 Å². The molecule has 4 saturated carbocycles. The van der Waals surface area contributed by atoms with Gasteiger partial charge in [0, 0.05) is 50.3 Å². The molecule has 12 rings (SSSR count). The molecule has 268 valence electrons. The number of benzene rings is 4. The Morgan fingerprint density at radius 1 is 0.547 bits per heavy atom. The number of piperidine rings is 1. The summed E-state index contributed by atoms with van der Waals surface area (Å²) in [5.74, 6) is 4.99. The lowest BCUT2D eigenvalue weighted by Gasteiger charge is -2.68. The van der Waals surface area contributed by atoms with Crippen LogP contribution in [0.4, 0.5) is 0 Å². The summed E-state index contributed by atoms with van der Waals surface area (Å²) < 4.78 is 2.33. The first-order valence-electron chi connectivity index (χ1n) is 21.1. The van der Waals surface area contributed by atoms with Crippen LogP contribution >= 0.6 is 11.8 Å². The zero-order valence-electron chi connectivity index (χ0n) is 30.7. The molecule has 5 heteroatoms. The number of fused-ring (bicyclic) bond motifs is 8. The summed E-state index contributed by atoms with van der Waals surface area (Å²) in [6.07, 6.45) is 17.4. The molecule has 10 atom stereocenters. The number of aromatic nitrogens is 3. The molecule has 0 amide bonds. The Balaban J connectivity index is 0.962. The highest BCUT2D eigenvalue weighted by atomic mass is 32.2. The average Bonchev–Trinajstić information content (AvgIpc) is 3.55. The van der Waals surface area contributed by atoms with Crippen molar-refractivity contribution in [3.05, 3.63) is 103 Å². The van der Waals surface area contributed by atoms with Crippen molar-refractivity contribution >= 4 is 44.5 Å². The minimum Gasteiger partial charge on any atom is -0.292 e. The van der Waals surface area contributed by atoms with Gasteiger partial charge in [-0.25, -0.2) is 9.97 Å². The van der Waals surface area contributed by atoms with E-state index in [0.717, 1.165) is 80.4 Å². The van der Waals surface area contributed by atoms with Crippen molar-refractivity contribution in [2.75, 3.05) is 0 Å². The fraction of sp³-hybridized carbons (Fsp3) is 0.458. The molecule has 4 aliphatic carbocycles. The van der Waals surface area contributed by atoms with Crippen molar-refractivity contribution in [2.24, 2.45) is 23.7 Å². The molecule has 53 heavy (non-hydrogen) atoms. The minimum atomic E-state index is 0.657. The predicted molar refractivity (Wildman–Crippen MR) is 220 cm³/mol. The van der Waals surface area contributed by atoms with E-state index in [4.69, 9.17) is 9.97 Å². The summed E-state index contributed by atoms with van der Waals surface area (Å²) in [7, 11) is 0. The maximum Gasteiger partial charge on any atom is 0.235 e. The fourth-order valence-corrected chi connectivity index (χ4v) is 15.5. The summed E-state index contributed by atoms with van der Waals surface area (Å²) >= 11 is 2.47. The lowest BCUT2D eigenvalue weighted by Crippen LogP contribution is -2.72. The van der Waals surface area contributed by atoms with Gasteiger partial charge in [-0.2, -0.15) is 11.8 Å². The van der Waals surface area contributed by atoms with E-state index in [9.17, 15) is 0 Å². The second-order valence-electron chi connectivity index (χ2n) is 17.6. The molecule has 0 bridgehead atoms. The van der Waals surface area contributed by atoms with E-state index in [-0.39, 0.29) is 0 Å². The number of rotatable bonds is 3. The van der Waals surface area contributed by atoms with E-state index in [1.165, 1.54) is 98.9 Å². The second kappa shape index (κ2) is 12.4. The average molecular weight is 715 g/mol. The van der Waals surface area contributed by atoms with E-state index in [2.05, 4.69) is 118 Å². The van der Waals surface area contributed by atoms with Crippen LogP contribution < -0.4 is 0 Å². The molecule has 0 radical (unpaired) electrons. The number of thioether (sulfide) groups is 1. The molecule has 4 aromatic carbocycles. The third-order valence-electron chi connectivity index (χ3n) is 15.3. The van der Waals surface area contributed by atoms with Crippen molar-refractivity contribution in [1.82, 2.24) is 19.4 Å². The predicted octanol–water partition coefficient (Wildman–Crippen LogP) is 11.6. The maximum absolute atomic E-state index is 5.35. The molecule has 6 aromatic rings. The fourth-order valence-electron chi connectivity index (χ4n) is 13.5. The van der Waals surface area contributed by atoms with Crippen LogP contribution in [0, 0.1) is 23.7 Å². The molecule has 10 unspecified atom stereocenters. The monoisotopic (exact) mass is 714 g/mol. The van der Waals surface area contributed by atoms with Crippen LogP contribution in [0.2, 0.25) is 0 Å². The summed E-state index contributed by atoms with van der Waals surface area (Å²) in [5, 5.41) is 5.55. The Morgan fingerprint density at radius 2 is 1.30 bits per heavy atom. The zero-order chi connectivity index (χ0) is 34.6. The highest BCUT2D eigenvalue weighted by molar-refractivity contribution is 8.00. The first kappa shape index (κ1) is 31.7. The first-order chi connectivity index (χ1) is 26.3. The van der Waals surface area contributed by atoms with E-state index >= 15 is 0 Å². The van der Waals surface area contributed by atoms with Gasteiger partial charge in [0.1, 0.15) is 0 Å². The van der Waals surface area contributed by atoms with Crippen molar-refractivity contribution < 1.29 is 0 Å². The Bertz CT molecular complexity index is 2350. The zero-order valence-corrected chi connectivity index (χ0v) is 31.5. The van der Waals surface area contributed by atoms with Crippen molar-refractivity contribution in [3.8, 4) is 17.2 Å². The largest absolute Gasteiger partial charge is 0.292 e. The van der Waals surface area contributed by atoms with Crippen molar-refractivity contribution in [1.29, 1.82) is 0 Å². The summed E-state index contributed by atoms with van der Waals surface area (Å²) in [6.45, 7) is 0. The van der Waals surface area contributed by atoms with Gasteiger partial charge in [-0.15, -0.1) is 0 Å². The standard InChI is InChI=1S/C48H50N4S/c1-2-12-29(13-3-1)46-36-15-4-6-19-38(36)49-48(50-46)52-39-20-7-5-14-32(39)37-28-30(24-26-40(37)52)31-25-27-42-45-33(31)16-10-17-34(45)35-18-11-23-44-47(35)51(42)41-21-8-9-22-43(41)53-44/h1-7,12-15,19-20,24,26,28,31,33-35,41-45,47H,8-11,16-18,21-23,25,27H2. The highest BCUT2D eigenvalue weighted by Gasteiger charge is 2.61. The minimum absolute atomic E-state index is 0.657. The number of nitrogens with zero attached hydrogens (tertiary/aromatic N) is 4. The molecular weight excluding hydrogens is 665 g/mol.